The van der Waals surface area contributed by atoms with Crippen molar-refractivity contribution < 1.29 is 23.9 Å². The van der Waals surface area contributed by atoms with Gasteiger partial charge < -0.3 is 14.3 Å². The normalized spacial score (nSPS) is 34.4. The fourth-order valence-electron chi connectivity index (χ4n) is 2.56. The quantitative estimate of drug-likeness (QED) is 0.363. The number of halogens is 1. The molecule has 2 saturated heterocycles. The molecule has 4 atom stereocenters. The molecule has 2 heterocycles. The second-order valence-corrected chi connectivity index (χ2v) is 15.8. The first-order chi connectivity index (χ1) is 11.2. The Morgan fingerprint density at radius 3 is 2.60 bits per heavy atom. The Hall–Kier alpha value is -0.233. The van der Waals surface area contributed by atoms with Gasteiger partial charge in [-0.05, 0) is 25.1 Å². The smallest absolute Gasteiger partial charge is 0.326 e. The van der Waals surface area contributed by atoms with Gasteiger partial charge in [0, 0.05) is 13.0 Å². The van der Waals surface area contributed by atoms with Gasteiger partial charge in [-0.25, -0.2) is 4.79 Å². The lowest BCUT2D eigenvalue weighted by Gasteiger charge is -2.39. The standard InChI is InChI=1S/C16H29IN2O5Si/c1-15(2,3)25(5,6)23-8-11-10(20)7-12(24-11)19-9-16(4,17)13(21)18-14(19)22/h10-12,20H,7-9H2,1-6H3,(H,18,21,22)/t10-,11+,12+,16?/m0/s1. The van der Waals surface area contributed by atoms with E-state index in [1.807, 2.05) is 22.6 Å². The van der Waals surface area contributed by atoms with Gasteiger partial charge in [-0.2, -0.15) is 0 Å². The number of aliphatic hydroxyl groups is 1. The molecule has 25 heavy (non-hydrogen) atoms. The van der Waals surface area contributed by atoms with Gasteiger partial charge in [0.1, 0.15) is 15.8 Å². The molecular formula is C16H29IN2O5Si. The monoisotopic (exact) mass is 484 g/mol. The highest BCUT2D eigenvalue weighted by atomic mass is 127. The first-order valence-electron chi connectivity index (χ1n) is 8.53. The molecule has 0 aromatic heterocycles. The number of rotatable bonds is 4. The zero-order chi connectivity index (χ0) is 19.2. The van der Waals surface area contributed by atoms with Gasteiger partial charge in [0.05, 0.1) is 12.7 Å². The van der Waals surface area contributed by atoms with E-state index in [1.54, 1.807) is 6.92 Å². The highest BCUT2D eigenvalue weighted by Gasteiger charge is 2.47. The maximum absolute atomic E-state index is 12.1. The van der Waals surface area contributed by atoms with Crippen LogP contribution in [0.4, 0.5) is 4.79 Å². The Morgan fingerprint density at radius 2 is 2.04 bits per heavy atom. The summed E-state index contributed by atoms with van der Waals surface area (Å²) in [6.07, 6.45) is -1.39. The third-order valence-corrected chi connectivity index (χ3v) is 10.7. The molecule has 1 unspecified atom stereocenters. The third-order valence-electron chi connectivity index (χ3n) is 5.39. The summed E-state index contributed by atoms with van der Waals surface area (Å²) in [5, 5.41) is 12.8. The summed E-state index contributed by atoms with van der Waals surface area (Å²) in [7, 11) is -1.94. The van der Waals surface area contributed by atoms with Crippen LogP contribution in [0.3, 0.4) is 0 Å². The largest absolute Gasteiger partial charge is 0.414 e. The van der Waals surface area contributed by atoms with Gasteiger partial charge in [-0.15, -0.1) is 0 Å². The molecule has 0 bridgehead atoms. The summed E-state index contributed by atoms with van der Waals surface area (Å²) in [5.41, 5.74) is 0. The molecule has 2 aliphatic heterocycles. The van der Waals surface area contributed by atoms with Gasteiger partial charge >= 0.3 is 6.03 Å². The van der Waals surface area contributed by atoms with Crippen molar-refractivity contribution in [1.29, 1.82) is 0 Å². The molecule has 3 amide bonds. The zero-order valence-corrected chi connectivity index (χ0v) is 18.9. The van der Waals surface area contributed by atoms with Crippen LogP contribution < -0.4 is 5.32 Å². The lowest BCUT2D eigenvalue weighted by molar-refractivity contribution is -0.125. The average Bonchev–Trinajstić information content (AvgIpc) is 2.81. The number of imide groups is 1. The van der Waals surface area contributed by atoms with Crippen molar-refractivity contribution in [1.82, 2.24) is 10.2 Å². The Bertz CT molecular complexity index is 549. The van der Waals surface area contributed by atoms with Crippen molar-refractivity contribution >= 4 is 42.8 Å². The maximum Gasteiger partial charge on any atom is 0.326 e. The number of alkyl halides is 1. The van der Waals surface area contributed by atoms with Crippen molar-refractivity contribution in [2.45, 2.75) is 74.1 Å². The minimum absolute atomic E-state index is 0.0755. The molecule has 144 valence electrons. The number of nitrogens with zero attached hydrogens (tertiary/aromatic N) is 1. The van der Waals surface area contributed by atoms with Crippen LogP contribution in [0.5, 0.6) is 0 Å². The van der Waals surface area contributed by atoms with Crippen LogP contribution in [-0.2, 0) is 14.0 Å². The molecule has 7 nitrogen and oxygen atoms in total. The molecule has 0 radical (unpaired) electrons. The van der Waals surface area contributed by atoms with E-state index in [9.17, 15) is 14.7 Å². The fraction of sp³-hybridized carbons (Fsp3) is 0.875. The molecule has 0 aromatic rings. The molecule has 0 aromatic carbocycles. The summed E-state index contributed by atoms with van der Waals surface area (Å²) >= 11 is 2.03. The first kappa shape index (κ1) is 21.1. The highest BCUT2D eigenvalue weighted by molar-refractivity contribution is 14.1. The van der Waals surface area contributed by atoms with E-state index in [1.165, 1.54) is 4.90 Å². The number of hydrogen-bond donors (Lipinski definition) is 2. The predicted molar refractivity (Wildman–Crippen MR) is 105 cm³/mol. The van der Waals surface area contributed by atoms with E-state index in [4.69, 9.17) is 9.16 Å². The van der Waals surface area contributed by atoms with Crippen molar-refractivity contribution in [3.8, 4) is 0 Å². The van der Waals surface area contributed by atoms with Crippen molar-refractivity contribution in [2.75, 3.05) is 13.2 Å². The summed E-state index contributed by atoms with van der Waals surface area (Å²) in [4.78, 5) is 25.5. The van der Waals surface area contributed by atoms with Crippen LogP contribution in [0.1, 0.15) is 34.1 Å². The van der Waals surface area contributed by atoms with E-state index < -0.39 is 36.2 Å². The van der Waals surface area contributed by atoms with E-state index >= 15 is 0 Å². The minimum atomic E-state index is -1.94. The second kappa shape index (κ2) is 7.06. The molecule has 9 heteroatoms. The number of urea groups is 1. The van der Waals surface area contributed by atoms with Crippen LogP contribution in [0, 0.1) is 0 Å². The number of amides is 3. The Kier molecular flexibility index (Phi) is 5.95. The minimum Gasteiger partial charge on any atom is -0.414 e. The van der Waals surface area contributed by atoms with Gasteiger partial charge in [-0.1, -0.05) is 43.4 Å². The molecule has 2 aliphatic rings. The first-order valence-corrected chi connectivity index (χ1v) is 12.5. The van der Waals surface area contributed by atoms with E-state index in [0.717, 1.165) is 0 Å². The maximum atomic E-state index is 12.1. The Balaban J connectivity index is 1.99. The second-order valence-electron chi connectivity index (χ2n) is 8.59. The summed E-state index contributed by atoms with van der Waals surface area (Å²) in [5.74, 6) is -0.300. The zero-order valence-electron chi connectivity index (χ0n) is 15.8. The molecular weight excluding hydrogens is 455 g/mol. The number of carbonyl (C=O) groups excluding carboxylic acids is 2. The molecule has 2 fully saturated rings. The summed E-state index contributed by atoms with van der Waals surface area (Å²) in [6.45, 7) is 13.1. The van der Waals surface area contributed by atoms with E-state index in [2.05, 4.69) is 39.2 Å². The molecule has 2 N–H and O–H groups in total. The molecule has 0 saturated carbocycles. The summed E-state index contributed by atoms with van der Waals surface area (Å²) in [6, 6.07) is -0.470. The van der Waals surface area contributed by atoms with Crippen molar-refractivity contribution in [3.05, 3.63) is 0 Å². The predicted octanol–water partition coefficient (Wildman–Crippen LogP) is 2.23. The highest BCUT2D eigenvalue weighted by Crippen LogP contribution is 2.37. The fourth-order valence-corrected chi connectivity index (χ4v) is 4.08. The van der Waals surface area contributed by atoms with E-state index in [-0.39, 0.29) is 17.5 Å². The van der Waals surface area contributed by atoms with Crippen LogP contribution in [-0.4, -0.2) is 65.3 Å². The number of hydrogen-bond acceptors (Lipinski definition) is 5. The number of aliphatic hydroxyl groups excluding tert-OH is 1. The molecule has 0 spiro atoms. The summed E-state index contributed by atoms with van der Waals surface area (Å²) < 4.78 is 11.4. The Morgan fingerprint density at radius 1 is 1.44 bits per heavy atom. The lowest BCUT2D eigenvalue weighted by Crippen LogP contribution is -2.62. The van der Waals surface area contributed by atoms with Gasteiger partial charge in [0.2, 0.25) is 5.91 Å². The number of nitrogens with one attached hydrogen (secondary N) is 1. The van der Waals surface area contributed by atoms with Gasteiger partial charge in [0.15, 0.2) is 8.32 Å². The lowest BCUT2D eigenvalue weighted by atomic mass is 10.1. The van der Waals surface area contributed by atoms with Crippen molar-refractivity contribution in [3.63, 3.8) is 0 Å². The van der Waals surface area contributed by atoms with E-state index in [0.29, 0.717) is 13.0 Å². The molecule has 2 rings (SSSR count). The van der Waals surface area contributed by atoms with Crippen LogP contribution in [0.2, 0.25) is 18.1 Å². The van der Waals surface area contributed by atoms with Crippen LogP contribution in [0.25, 0.3) is 0 Å². The number of carbonyl (C=O) groups is 2. The van der Waals surface area contributed by atoms with Gasteiger partial charge in [0.25, 0.3) is 0 Å². The van der Waals surface area contributed by atoms with Crippen LogP contribution in [0.15, 0.2) is 0 Å². The van der Waals surface area contributed by atoms with Crippen molar-refractivity contribution in [2.24, 2.45) is 0 Å². The topological polar surface area (TPSA) is 88.1 Å². The molecule has 0 aliphatic carbocycles. The Labute approximate surface area is 164 Å². The average molecular weight is 484 g/mol. The number of ether oxygens (including phenoxy) is 1. The van der Waals surface area contributed by atoms with Gasteiger partial charge in [-0.3, -0.25) is 15.0 Å². The SMILES string of the molecule is CC1(I)CN([C@H]2C[C@H](O)[C@@H](CO[Si](C)(C)C(C)(C)C)O2)C(=O)NC1=O. The van der Waals surface area contributed by atoms with Crippen LogP contribution >= 0.6 is 22.6 Å². The third kappa shape index (κ3) is 4.55.